The van der Waals surface area contributed by atoms with Crippen LogP contribution in [0.4, 0.5) is 5.69 Å². The van der Waals surface area contributed by atoms with E-state index in [1.807, 2.05) is 38.2 Å². The highest BCUT2D eigenvalue weighted by Gasteiger charge is 2.07. The number of rotatable bonds is 6. The molecule has 0 saturated heterocycles. The zero-order valence-corrected chi connectivity index (χ0v) is 13.0. The lowest BCUT2D eigenvalue weighted by molar-refractivity contribution is -0.116. The van der Waals surface area contributed by atoms with Gasteiger partial charge in [-0.2, -0.15) is 0 Å². The highest BCUT2D eigenvalue weighted by atomic mass is 35.5. The number of anilines is 1. The van der Waals surface area contributed by atoms with E-state index in [4.69, 9.17) is 4.42 Å². The molecule has 0 spiro atoms. The molecule has 114 valence electrons. The maximum atomic E-state index is 11.8. The van der Waals surface area contributed by atoms with Gasteiger partial charge in [-0.05, 0) is 45.1 Å². The lowest BCUT2D eigenvalue weighted by Crippen LogP contribution is -2.15. The van der Waals surface area contributed by atoms with Gasteiger partial charge in [0.05, 0.1) is 5.69 Å². The summed E-state index contributed by atoms with van der Waals surface area (Å²) < 4.78 is 5.36. The zero-order valence-electron chi connectivity index (χ0n) is 12.2. The van der Waals surface area contributed by atoms with Crippen LogP contribution >= 0.6 is 12.4 Å². The first-order valence-electron chi connectivity index (χ1n) is 6.66. The van der Waals surface area contributed by atoms with Crippen molar-refractivity contribution in [2.45, 2.75) is 19.8 Å². The van der Waals surface area contributed by atoms with Gasteiger partial charge in [-0.3, -0.25) is 4.79 Å². The third-order valence-corrected chi connectivity index (χ3v) is 2.84. The number of hydrogen-bond acceptors (Lipinski definition) is 4. The number of carbonyl (C=O) groups is 1. The van der Waals surface area contributed by atoms with E-state index in [0.717, 1.165) is 29.9 Å². The van der Waals surface area contributed by atoms with Crippen molar-refractivity contribution in [3.8, 4) is 11.5 Å². The van der Waals surface area contributed by atoms with E-state index in [-0.39, 0.29) is 18.3 Å². The average Bonchev–Trinajstić information content (AvgIpc) is 2.86. The Labute approximate surface area is 130 Å². The maximum absolute atomic E-state index is 11.8. The molecular formula is C15H20ClN3O2. The van der Waals surface area contributed by atoms with E-state index in [1.165, 1.54) is 0 Å². The number of halogens is 1. The lowest BCUT2D eigenvalue weighted by atomic mass is 10.2. The van der Waals surface area contributed by atoms with Crippen molar-refractivity contribution in [2.75, 3.05) is 18.9 Å². The Bertz CT molecular complexity index is 584. The molecule has 1 aromatic heterocycles. The van der Waals surface area contributed by atoms with Crippen LogP contribution in [0.3, 0.4) is 0 Å². The van der Waals surface area contributed by atoms with Gasteiger partial charge in [-0.25, -0.2) is 4.98 Å². The summed E-state index contributed by atoms with van der Waals surface area (Å²) in [6.45, 7) is 2.71. The smallest absolute Gasteiger partial charge is 0.226 e. The molecule has 0 unspecified atom stereocenters. The summed E-state index contributed by atoms with van der Waals surface area (Å²) in [6, 6.07) is 7.50. The molecule has 0 saturated carbocycles. The molecule has 2 rings (SSSR count). The predicted octanol–water partition coefficient (Wildman–Crippen LogP) is 3.01. The molecule has 0 radical (unpaired) electrons. The molecule has 1 aromatic carbocycles. The van der Waals surface area contributed by atoms with Gasteiger partial charge in [0.1, 0.15) is 6.26 Å². The first-order chi connectivity index (χ1) is 9.69. The monoisotopic (exact) mass is 309 g/mol. The van der Waals surface area contributed by atoms with E-state index >= 15 is 0 Å². The van der Waals surface area contributed by atoms with E-state index < -0.39 is 0 Å². The molecule has 21 heavy (non-hydrogen) atoms. The molecular weight excluding hydrogens is 290 g/mol. The number of nitrogens with zero attached hydrogens (tertiary/aromatic N) is 1. The van der Waals surface area contributed by atoms with Gasteiger partial charge >= 0.3 is 0 Å². The number of aryl methyl sites for hydroxylation is 1. The summed E-state index contributed by atoms with van der Waals surface area (Å²) in [6.07, 6.45) is 2.93. The lowest BCUT2D eigenvalue weighted by Gasteiger charge is -2.06. The fourth-order valence-electron chi connectivity index (χ4n) is 1.87. The largest absolute Gasteiger partial charge is 0.444 e. The average molecular weight is 310 g/mol. The fourth-order valence-corrected chi connectivity index (χ4v) is 1.87. The zero-order chi connectivity index (χ0) is 14.4. The van der Waals surface area contributed by atoms with E-state index in [0.29, 0.717) is 12.3 Å². The highest BCUT2D eigenvalue weighted by molar-refractivity contribution is 5.91. The van der Waals surface area contributed by atoms with Gasteiger partial charge in [-0.1, -0.05) is 6.07 Å². The van der Waals surface area contributed by atoms with Gasteiger partial charge in [-0.15, -0.1) is 12.4 Å². The van der Waals surface area contributed by atoms with Gasteiger partial charge in [0.25, 0.3) is 0 Å². The van der Waals surface area contributed by atoms with Crippen molar-refractivity contribution in [1.82, 2.24) is 10.3 Å². The standard InChI is InChI=1S/C15H19N3O2.ClH/c1-11-10-20-15(17-11)12-5-3-6-13(9-12)18-14(19)7-4-8-16-2;/h3,5-6,9-10,16H,4,7-8H2,1-2H3,(H,18,19);1H. The molecule has 0 aliphatic heterocycles. The molecule has 0 aliphatic rings. The molecule has 0 bridgehead atoms. The topological polar surface area (TPSA) is 67.2 Å². The van der Waals surface area contributed by atoms with Gasteiger partial charge in [0, 0.05) is 17.7 Å². The van der Waals surface area contributed by atoms with Crippen LogP contribution in [0, 0.1) is 6.92 Å². The third kappa shape index (κ3) is 5.21. The Morgan fingerprint density at radius 1 is 1.38 bits per heavy atom. The summed E-state index contributed by atoms with van der Waals surface area (Å²) in [5, 5.41) is 5.90. The molecule has 0 aliphatic carbocycles. The van der Waals surface area contributed by atoms with Gasteiger partial charge in [0.2, 0.25) is 11.8 Å². The van der Waals surface area contributed by atoms with Crippen molar-refractivity contribution in [3.63, 3.8) is 0 Å². The predicted molar refractivity (Wildman–Crippen MR) is 85.7 cm³/mol. The molecule has 0 atom stereocenters. The molecule has 0 fully saturated rings. The Balaban J connectivity index is 0.00000220. The minimum atomic E-state index is 0. The molecule has 2 N–H and O–H groups in total. The summed E-state index contributed by atoms with van der Waals surface area (Å²) in [7, 11) is 1.87. The van der Waals surface area contributed by atoms with E-state index in [1.54, 1.807) is 6.26 Å². The van der Waals surface area contributed by atoms with Crippen LogP contribution in [-0.2, 0) is 4.79 Å². The summed E-state index contributed by atoms with van der Waals surface area (Å²) >= 11 is 0. The molecule has 5 nitrogen and oxygen atoms in total. The quantitative estimate of drug-likeness (QED) is 0.805. The van der Waals surface area contributed by atoms with Crippen molar-refractivity contribution in [2.24, 2.45) is 0 Å². The summed E-state index contributed by atoms with van der Waals surface area (Å²) in [5.74, 6) is 0.578. The number of carbonyl (C=O) groups excluding carboxylic acids is 1. The second-order valence-corrected chi connectivity index (χ2v) is 4.63. The second kappa shape index (κ2) is 8.44. The number of benzene rings is 1. The minimum Gasteiger partial charge on any atom is -0.444 e. The van der Waals surface area contributed by atoms with Crippen LogP contribution in [0.1, 0.15) is 18.5 Å². The SMILES string of the molecule is CNCCCC(=O)Nc1cccc(-c2nc(C)co2)c1.Cl. The number of nitrogens with one attached hydrogen (secondary N) is 2. The van der Waals surface area contributed by atoms with Crippen LogP contribution in [-0.4, -0.2) is 24.5 Å². The Hall–Kier alpha value is -1.85. The third-order valence-electron chi connectivity index (χ3n) is 2.84. The normalized spacial score (nSPS) is 10.0. The minimum absolute atomic E-state index is 0. The number of aromatic nitrogens is 1. The van der Waals surface area contributed by atoms with Gasteiger partial charge < -0.3 is 15.1 Å². The van der Waals surface area contributed by atoms with Crippen molar-refractivity contribution in [3.05, 3.63) is 36.2 Å². The van der Waals surface area contributed by atoms with Crippen LogP contribution in [0.5, 0.6) is 0 Å². The van der Waals surface area contributed by atoms with Crippen LogP contribution in [0.15, 0.2) is 34.9 Å². The molecule has 1 heterocycles. The fraction of sp³-hybridized carbons (Fsp3) is 0.333. The molecule has 2 aromatic rings. The molecule has 6 heteroatoms. The van der Waals surface area contributed by atoms with E-state index in [9.17, 15) is 4.79 Å². The second-order valence-electron chi connectivity index (χ2n) is 4.63. The van der Waals surface area contributed by atoms with Crippen LogP contribution in [0.25, 0.3) is 11.5 Å². The Kier molecular flexibility index (Phi) is 6.91. The molecule has 1 amide bonds. The number of oxazole rings is 1. The Morgan fingerprint density at radius 3 is 2.86 bits per heavy atom. The summed E-state index contributed by atoms with van der Waals surface area (Å²) in [4.78, 5) is 16.0. The maximum Gasteiger partial charge on any atom is 0.226 e. The number of hydrogen-bond donors (Lipinski definition) is 2. The highest BCUT2D eigenvalue weighted by Crippen LogP contribution is 2.22. The first kappa shape index (κ1) is 17.2. The Morgan fingerprint density at radius 2 is 2.19 bits per heavy atom. The van der Waals surface area contributed by atoms with Gasteiger partial charge in [0.15, 0.2) is 0 Å². The van der Waals surface area contributed by atoms with Crippen molar-refractivity contribution >= 4 is 24.0 Å². The van der Waals surface area contributed by atoms with Crippen LogP contribution < -0.4 is 10.6 Å². The number of amides is 1. The summed E-state index contributed by atoms with van der Waals surface area (Å²) in [5.41, 5.74) is 2.44. The van der Waals surface area contributed by atoms with Crippen molar-refractivity contribution < 1.29 is 9.21 Å². The van der Waals surface area contributed by atoms with E-state index in [2.05, 4.69) is 15.6 Å². The van der Waals surface area contributed by atoms with Crippen molar-refractivity contribution in [1.29, 1.82) is 0 Å². The first-order valence-corrected chi connectivity index (χ1v) is 6.66. The van der Waals surface area contributed by atoms with Crippen LogP contribution in [0.2, 0.25) is 0 Å².